The monoisotopic (exact) mass is 397 g/mol. The maximum Gasteiger partial charge on any atom is 0.417 e. The van der Waals surface area contributed by atoms with Crippen LogP contribution in [0, 0.1) is 5.41 Å². The number of nitrogens with zero attached hydrogens (tertiary/aromatic N) is 3. The number of carbonyl (C=O) groups is 1. The zero-order valence-electron chi connectivity index (χ0n) is 15.9. The highest BCUT2D eigenvalue weighted by molar-refractivity contribution is 5.79. The Morgan fingerprint density at radius 1 is 1.14 bits per heavy atom. The van der Waals surface area contributed by atoms with Gasteiger partial charge in [-0.15, -0.1) is 0 Å². The van der Waals surface area contributed by atoms with Crippen LogP contribution in [0.25, 0.3) is 0 Å². The number of cyclic esters (lactones) is 1. The zero-order valence-corrected chi connectivity index (χ0v) is 15.9. The van der Waals surface area contributed by atoms with Gasteiger partial charge in [-0.1, -0.05) is 12.8 Å². The first-order valence-corrected chi connectivity index (χ1v) is 10.1. The Labute approximate surface area is 162 Å². The lowest BCUT2D eigenvalue weighted by Crippen LogP contribution is -2.47. The molecule has 3 heterocycles. The van der Waals surface area contributed by atoms with Crippen LogP contribution in [0.3, 0.4) is 0 Å². The van der Waals surface area contributed by atoms with Crippen molar-refractivity contribution in [2.75, 3.05) is 37.6 Å². The number of alkyl halides is 3. The fraction of sp³-hybridized carbons (Fsp3) is 0.700. The summed E-state index contributed by atoms with van der Waals surface area (Å²) in [5.74, 6) is 0.591. The van der Waals surface area contributed by atoms with E-state index in [9.17, 15) is 18.0 Å². The van der Waals surface area contributed by atoms with E-state index < -0.39 is 11.7 Å². The molecule has 0 bridgehead atoms. The number of rotatable bonds is 4. The van der Waals surface area contributed by atoms with Crippen molar-refractivity contribution < 1.29 is 22.7 Å². The van der Waals surface area contributed by atoms with Gasteiger partial charge in [0.25, 0.3) is 0 Å². The Morgan fingerprint density at radius 3 is 2.46 bits per heavy atom. The molecule has 0 amide bonds. The van der Waals surface area contributed by atoms with E-state index >= 15 is 0 Å². The number of ether oxygens (including phenoxy) is 1. The van der Waals surface area contributed by atoms with Crippen LogP contribution < -0.4 is 4.90 Å². The van der Waals surface area contributed by atoms with Crippen LogP contribution in [0.15, 0.2) is 18.3 Å². The lowest BCUT2D eigenvalue weighted by Gasteiger charge is -2.35. The molecule has 4 rings (SSSR count). The summed E-state index contributed by atoms with van der Waals surface area (Å²) in [6, 6.07) is 2.53. The lowest BCUT2D eigenvalue weighted by atomic mass is 9.83. The van der Waals surface area contributed by atoms with Crippen molar-refractivity contribution in [1.82, 2.24) is 9.88 Å². The highest BCUT2D eigenvalue weighted by atomic mass is 19.4. The van der Waals surface area contributed by atoms with E-state index in [4.69, 9.17) is 4.74 Å². The molecule has 2 aliphatic heterocycles. The smallest absolute Gasteiger partial charge is 0.417 e. The predicted octanol–water partition coefficient (Wildman–Crippen LogP) is 3.49. The molecular formula is C20H26F3N3O2. The standard InChI is InChI=1S/C20H26F3N3O2/c21-20(22,23)15-3-4-17(24-14-15)26-11-9-25(10-12-26)8-5-16-13-19(18(27)28-16)6-1-2-7-19/h3-4,14,16H,1-2,5-13H2. The zero-order chi connectivity index (χ0) is 19.8. The minimum atomic E-state index is -4.36. The second kappa shape index (κ2) is 7.54. The summed E-state index contributed by atoms with van der Waals surface area (Å²) in [7, 11) is 0. The number of hydrogen-bond donors (Lipinski definition) is 0. The van der Waals surface area contributed by atoms with Crippen LogP contribution in [0.4, 0.5) is 19.0 Å². The molecule has 154 valence electrons. The first kappa shape index (κ1) is 19.5. The van der Waals surface area contributed by atoms with Gasteiger partial charge in [0.15, 0.2) is 0 Å². The van der Waals surface area contributed by atoms with Gasteiger partial charge in [-0.3, -0.25) is 9.69 Å². The number of piperazine rings is 1. The number of carbonyl (C=O) groups excluding carboxylic acids is 1. The van der Waals surface area contributed by atoms with Crippen LogP contribution in [0.2, 0.25) is 0 Å². The van der Waals surface area contributed by atoms with Gasteiger partial charge in [-0.25, -0.2) is 4.98 Å². The molecule has 1 unspecified atom stereocenters. The molecule has 1 spiro atoms. The number of hydrogen-bond acceptors (Lipinski definition) is 5. The number of aromatic nitrogens is 1. The number of esters is 1. The maximum absolute atomic E-state index is 12.7. The molecule has 1 atom stereocenters. The molecule has 0 aromatic carbocycles. The van der Waals surface area contributed by atoms with Crippen molar-refractivity contribution in [3.63, 3.8) is 0 Å². The third-order valence-corrected chi connectivity index (χ3v) is 6.42. The molecule has 0 N–H and O–H groups in total. The van der Waals surface area contributed by atoms with Crippen LogP contribution >= 0.6 is 0 Å². The summed E-state index contributed by atoms with van der Waals surface area (Å²) in [6.07, 6.45) is 2.49. The molecular weight excluding hydrogens is 371 g/mol. The summed E-state index contributed by atoms with van der Waals surface area (Å²) in [5, 5.41) is 0. The molecule has 1 aliphatic carbocycles. The highest BCUT2D eigenvalue weighted by Crippen LogP contribution is 2.48. The average molecular weight is 397 g/mol. The summed E-state index contributed by atoms with van der Waals surface area (Å²) in [5.41, 5.74) is -0.918. The minimum absolute atomic E-state index is 0.00759. The normalized spacial score (nSPS) is 25.5. The van der Waals surface area contributed by atoms with Crippen molar-refractivity contribution in [3.05, 3.63) is 23.9 Å². The molecule has 1 saturated carbocycles. The Morgan fingerprint density at radius 2 is 1.86 bits per heavy atom. The van der Waals surface area contributed by atoms with Crippen molar-refractivity contribution in [1.29, 1.82) is 0 Å². The highest BCUT2D eigenvalue weighted by Gasteiger charge is 2.50. The van der Waals surface area contributed by atoms with Gasteiger partial charge in [0.1, 0.15) is 11.9 Å². The first-order valence-electron chi connectivity index (χ1n) is 10.1. The Hall–Kier alpha value is -1.83. The van der Waals surface area contributed by atoms with Crippen LogP contribution in [-0.4, -0.2) is 54.7 Å². The summed E-state index contributed by atoms with van der Waals surface area (Å²) < 4.78 is 43.6. The third kappa shape index (κ3) is 3.97. The Bertz CT molecular complexity index is 694. The molecule has 8 heteroatoms. The molecule has 3 aliphatic rings. The first-order chi connectivity index (χ1) is 13.4. The second-order valence-corrected chi connectivity index (χ2v) is 8.24. The fourth-order valence-corrected chi connectivity index (χ4v) is 4.73. The number of pyridine rings is 1. The summed E-state index contributed by atoms with van der Waals surface area (Å²) >= 11 is 0. The minimum Gasteiger partial charge on any atom is -0.462 e. The van der Waals surface area contributed by atoms with Crippen LogP contribution in [0.5, 0.6) is 0 Å². The maximum atomic E-state index is 12.7. The molecule has 28 heavy (non-hydrogen) atoms. The lowest BCUT2D eigenvalue weighted by molar-refractivity contribution is -0.148. The largest absolute Gasteiger partial charge is 0.462 e. The quantitative estimate of drug-likeness (QED) is 0.728. The molecule has 5 nitrogen and oxygen atoms in total. The fourth-order valence-electron chi connectivity index (χ4n) is 4.73. The van der Waals surface area contributed by atoms with Gasteiger partial charge in [-0.2, -0.15) is 13.2 Å². The van der Waals surface area contributed by atoms with E-state index in [2.05, 4.69) is 9.88 Å². The van der Waals surface area contributed by atoms with E-state index in [0.29, 0.717) is 5.82 Å². The Balaban J connectivity index is 1.23. The van der Waals surface area contributed by atoms with Gasteiger partial charge in [-0.05, 0) is 31.4 Å². The van der Waals surface area contributed by atoms with E-state index in [1.54, 1.807) is 0 Å². The van der Waals surface area contributed by atoms with Crippen molar-refractivity contribution >= 4 is 11.8 Å². The topological polar surface area (TPSA) is 45.7 Å². The van der Waals surface area contributed by atoms with E-state index in [0.717, 1.165) is 83.5 Å². The van der Waals surface area contributed by atoms with Gasteiger partial charge in [0.2, 0.25) is 0 Å². The van der Waals surface area contributed by atoms with Crippen molar-refractivity contribution in [3.8, 4) is 0 Å². The molecule has 1 aromatic heterocycles. The SMILES string of the molecule is O=C1OC(CCN2CCN(c3ccc(C(F)(F)F)cn3)CC2)CC12CCCC2. The van der Waals surface area contributed by atoms with Gasteiger partial charge < -0.3 is 9.64 Å². The molecule has 1 aromatic rings. The van der Waals surface area contributed by atoms with Crippen LogP contribution in [-0.2, 0) is 15.7 Å². The van der Waals surface area contributed by atoms with Crippen molar-refractivity contribution in [2.45, 2.75) is 50.8 Å². The van der Waals surface area contributed by atoms with Crippen molar-refractivity contribution in [2.24, 2.45) is 5.41 Å². The third-order valence-electron chi connectivity index (χ3n) is 6.42. The average Bonchev–Trinajstić information content (AvgIpc) is 3.27. The van der Waals surface area contributed by atoms with Gasteiger partial charge in [0.05, 0.1) is 11.0 Å². The predicted molar refractivity (Wildman–Crippen MR) is 97.9 cm³/mol. The second-order valence-electron chi connectivity index (χ2n) is 8.24. The Kier molecular flexibility index (Phi) is 5.24. The molecule has 0 radical (unpaired) electrons. The summed E-state index contributed by atoms with van der Waals surface area (Å²) in [6.45, 7) is 3.99. The van der Waals surface area contributed by atoms with E-state index in [1.165, 1.54) is 6.07 Å². The van der Waals surface area contributed by atoms with Gasteiger partial charge in [0, 0.05) is 45.3 Å². The van der Waals surface area contributed by atoms with E-state index in [1.807, 2.05) is 4.90 Å². The number of anilines is 1. The molecule has 2 saturated heterocycles. The van der Waals surface area contributed by atoms with E-state index in [-0.39, 0.29) is 17.5 Å². The molecule has 3 fully saturated rings. The van der Waals surface area contributed by atoms with Gasteiger partial charge >= 0.3 is 12.1 Å². The number of halogens is 3. The summed E-state index contributed by atoms with van der Waals surface area (Å²) in [4.78, 5) is 20.5. The van der Waals surface area contributed by atoms with Crippen LogP contribution in [0.1, 0.15) is 44.1 Å².